The molecule has 0 aromatic heterocycles. The van der Waals surface area contributed by atoms with Crippen molar-refractivity contribution < 1.29 is 24.2 Å². The lowest BCUT2D eigenvalue weighted by atomic mass is 10.0. The van der Waals surface area contributed by atoms with Gasteiger partial charge in [0, 0.05) is 24.6 Å². The molecule has 2 amide bonds. The number of hydrogen-bond donors (Lipinski definition) is 3. The second-order valence-corrected chi connectivity index (χ2v) is 5.64. The monoisotopic (exact) mass is 356 g/mol. The predicted molar refractivity (Wildman–Crippen MR) is 96.3 cm³/mol. The van der Waals surface area contributed by atoms with Crippen LogP contribution >= 0.6 is 0 Å². The van der Waals surface area contributed by atoms with Gasteiger partial charge in [0.25, 0.3) is 5.91 Å². The molecule has 0 aliphatic rings. The van der Waals surface area contributed by atoms with E-state index in [0.717, 1.165) is 0 Å². The topological polar surface area (TPSA) is 105 Å². The molecule has 0 bridgehead atoms. The van der Waals surface area contributed by atoms with Crippen molar-refractivity contribution >= 4 is 23.5 Å². The molecule has 26 heavy (non-hydrogen) atoms. The van der Waals surface area contributed by atoms with Crippen LogP contribution in [0.3, 0.4) is 0 Å². The first-order valence-corrected chi connectivity index (χ1v) is 7.94. The molecule has 0 saturated heterocycles. The minimum absolute atomic E-state index is 0.0798. The molecule has 0 aliphatic heterocycles. The second kappa shape index (κ2) is 8.66. The van der Waals surface area contributed by atoms with Crippen molar-refractivity contribution in [2.75, 3.05) is 12.4 Å². The number of aliphatic carboxylic acids is 1. The lowest BCUT2D eigenvalue weighted by molar-refractivity contribution is -0.139. The lowest BCUT2D eigenvalue weighted by Gasteiger charge is -2.16. The molecule has 0 spiro atoms. The molecular weight excluding hydrogens is 336 g/mol. The first-order valence-electron chi connectivity index (χ1n) is 7.94. The third-order valence-corrected chi connectivity index (χ3v) is 3.67. The van der Waals surface area contributed by atoms with Crippen molar-refractivity contribution in [2.24, 2.45) is 0 Å². The van der Waals surface area contributed by atoms with Crippen LogP contribution in [0.2, 0.25) is 0 Å². The number of amides is 2. The van der Waals surface area contributed by atoms with Crippen LogP contribution in [-0.4, -0.2) is 36.0 Å². The fourth-order valence-electron chi connectivity index (χ4n) is 2.47. The van der Waals surface area contributed by atoms with Crippen LogP contribution < -0.4 is 15.4 Å². The Bertz CT molecular complexity index is 819. The maximum atomic E-state index is 12.4. The Morgan fingerprint density at radius 2 is 1.85 bits per heavy atom. The molecule has 7 nitrogen and oxygen atoms in total. The van der Waals surface area contributed by atoms with Crippen LogP contribution in [0.4, 0.5) is 5.69 Å². The minimum atomic E-state index is -1.15. The summed E-state index contributed by atoms with van der Waals surface area (Å²) in [6.45, 7) is 1.36. The van der Waals surface area contributed by atoms with Crippen molar-refractivity contribution in [3.8, 4) is 5.75 Å². The fraction of sp³-hybridized carbons (Fsp3) is 0.211. The van der Waals surface area contributed by atoms with E-state index in [2.05, 4.69) is 10.6 Å². The third kappa shape index (κ3) is 5.07. The van der Waals surface area contributed by atoms with Gasteiger partial charge in [-0.05, 0) is 29.8 Å². The van der Waals surface area contributed by atoms with Crippen molar-refractivity contribution in [3.05, 3.63) is 59.7 Å². The van der Waals surface area contributed by atoms with Gasteiger partial charge in [-0.1, -0.05) is 24.3 Å². The average molecular weight is 356 g/mol. The quantitative estimate of drug-likeness (QED) is 0.704. The van der Waals surface area contributed by atoms with Gasteiger partial charge in [-0.2, -0.15) is 0 Å². The molecule has 0 saturated carbocycles. The molecule has 1 atom stereocenters. The number of ether oxygens (including phenoxy) is 1. The molecule has 0 aliphatic carbocycles. The number of nitrogens with one attached hydrogen (secondary N) is 2. The third-order valence-electron chi connectivity index (χ3n) is 3.67. The Balaban J connectivity index is 2.16. The molecule has 2 rings (SSSR count). The average Bonchev–Trinajstić information content (AvgIpc) is 2.61. The summed E-state index contributed by atoms with van der Waals surface area (Å²) in [5.41, 5.74) is 1.39. The van der Waals surface area contributed by atoms with Gasteiger partial charge in [0.05, 0.1) is 7.11 Å². The zero-order chi connectivity index (χ0) is 19.1. The normalized spacial score (nSPS) is 11.3. The molecule has 3 N–H and O–H groups in total. The molecule has 7 heteroatoms. The Kier molecular flexibility index (Phi) is 6.32. The van der Waals surface area contributed by atoms with Gasteiger partial charge < -0.3 is 20.5 Å². The summed E-state index contributed by atoms with van der Waals surface area (Å²) < 4.78 is 5.22. The molecule has 0 radical (unpaired) electrons. The van der Waals surface area contributed by atoms with Crippen molar-refractivity contribution in [2.45, 2.75) is 19.4 Å². The van der Waals surface area contributed by atoms with Crippen molar-refractivity contribution in [1.29, 1.82) is 0 Å². The first kappa shape index (κ1) is 19.0. The van der Waals surface area contributed by atoms with E-state index >= 15 is 0 Å². The number of para-hydroxylation sites is 1. The summed E-state index contributed by atoms with van der Waals surface area (Å²) in [7, 11) is 1.50. The number of rotatable bonds is 7. The van der Waals surface area contributed by atoms with Crippen LogP contribution in [-0.2, 0) is 16.0 Å². The standard InChI is InChI=1S/C19H20N2O5/c1-12(22)20-15-8-5-7-14(10-15)18(23)21-16(19(24)25)11-13-6-3-4-9-17(13)26-2/h3-10,16H,11H2,1-2H3,(H,20,22)(H,21,23)(H,24,25)/t16-/m0/s1. The Hall–Kier alpha value is -3.35. The summed E-state index contributed by atoms with van der Waals surface area (Å²) in [4.78, 5) is 35.1. The number of carboxylic acid groups (broad SMARTS) is 1. The van der Waals surface area contributed by atoms with Crippen LogP contribution in [0.1, 0.15) is 22.8 Å². The molecule has 136 valence electrons. The van der Waals surface area contributed by atoms with Crippen LogP contribution in [0, 0.1) is 0 Å². The number of methoxy groups -OCH3 is 1. The van der Waals surface area contributed by atoms with E-state index in [4.69, 9.17) is 4.74 Å². The summed E-state index contributed by atoms with van der Waals surface area (Å²) in [6, 6.07) is 12.2. The highest BCUT2D eigenvalue weighted by Gasteiger charge is 2.22. The highest BCUT2D eigenvalue weighted by Crippen LogP contribution is 2.19. The fourth-order valence-corrected chi connectivity index (χ4v) is 2.47. The highest BCUT2D eigenvalue weighted by molar-refractivity contribution is 5.98. The molecule has 2 aromatic carbocycles. The van der Waals surface area contributed by atoms with Gasteiger partial charge in [-0.3, -0.25) is 9.59 Å². The summed E-state index contributed by atoms with van der Waals surface area (Å²) in [5, 5.41) is 14.5. The molecular formula is C19H20N2O5. The van der Waals surface area contributed by atoms with Gasteiger partial charge in [-0.25, -0.2) is 4.79 Å². The molecule has 0 fully saturated rings. The van der Waals surface area contributed by atoms with E-state index in [1.54, 1.807) is 42.5 Å². The lowest BCUT2D eigenvalue weighted by Crippen LogP contribution is -2.42. The van der Waals surface area contributed by atoms with E-state index < -0.39 is 17.9 Å². The van der Waals surface area contributed by atoms with E-state index in [1.165, 1.54) is 20.1 Å². The Morgan fingerprint density at radius 1 is 1.12 bits per heavy atom. The van der Waals surface area contributed by atoms with Crippen molar-refractivity contribution in [3.63, 3.8) is 0 Å². The Labute approximate surface area is 151 Å². The van der Waals surface area contributed by atoms with Gasteiger partial charge in [0.2, 0.25) is 5.91 Å². The molecule has 0 heterocycles. The number of carbonyl (C=O) groups excluding carboxylic acids is 2. The summed E-state index contributed by atoms with van der Waals surface area (Å²) in [5.74, 6) is -1.40. The van der Waals surface area contributed by atoms with E-state index in [9.17, 15) is 19.5 Å². The smallest absolute Gasteiger partial charge is 0.326 e. The number of carbonyl (C=O) groups is 3. The molecule has 0 unspecified atom stereocenters. The SMILES string of the molecule is COc1ccccc1C[C@H](NC(=O)c1cccc(NC(C)=O)c1)C(=O)O. The minimum Gasteiger partial charge on any atom is -0.496 e. The van der Waals surface area contributed by atoms with E-state index in [-0.39, 0.29) is 17.9 Å². The number of carboxylic acids is 1. The maximum absolute atomic E-state index is 12.4. The number of hydrogen-bond acceptors (Lipinski definition) is 4. The van der Waals surface area contributed by atoms with Gasteiger partial charge in [0.1, 0.15) is 11.8 Å². The zero-order valence-corrected chi connectivity index (χ0v) is 14.5. The summed E-state index contributed by atoms with van der Waals surface area (Å²) >= 11 is 0. The first-order chi connectivity index (χ1) is 12.4. The molecule has 2 aromatic rings. The van der Waals surface area contributed by atoms with Crippen LogP contribution in [0.5, 0.6) is 5.75 Å². The zero-order valence-electron chi connectivity index (χ0n) is 14.5. The Morgan fingerprint density at radius 3 is 2.50 bits per heavy atom. The van der Waals surface area contributed by atoms with Gasteiger partial charge in [0.15, 0.2) is 0 Å². The second-order valence-electron chi connectivity index (χ2n) is 5.64. The van der Waals surface area contributed by atoms with Crippen LogP contribution in [0.15, 0.2) is 48.5 Å². The number of benzene rings is 2. The number of anilines is 1. The predicted octanol–water partition coefficient (Wildman–Crippen LogP) is 2.08. The van der Waals surface area contributed by atoms with E-state index in [0.29, 0.717) is 17.0 Å². The largest absolute Gasteiger partial charge is 0.496 e. The maximum Gasteiger partial charge on any atom is 0.326 e. The van der Waals surface area contributed by atoms with Gasteiger partial charge >= 0.3 is 5.97 Å². The highest BCUT2D eigenvalue weighted by atomic mass is 16.5. The van der Waals surface area contributed by atoms with Crippen LogP contribution in [0.25, 0.3) is 0 Å². The summed E-state index contributed by atoms with van der Waals surface area (Å²) in [6.07, 6.45) is 0.0798. The van der Waals surface area contributed by atoms with Gasteiger partial charge in [-0.15, -0.1) is 0 Å². The van der Waals surface area contributed by atoms with E-state index in [1.807, 2.05) is 0 Å². The van der Waals surface area contributed by atoms with Crippen molar-refractivity contribution in [1.82, 2.24) is 5.32 Å².